The topological polar surface area (TPSA) is 60.8 Å². The molecular weight excluding hydrogens is 254 g/mol. The van der Waals surface area contributed by atoms with Crippen molar-refractivity contribution < 1.29 is 15.0 Å². The number of amides is 1. The van der Waals surface area contributed by atoms with E-state index in [9.17, 15) is 15.0 Å². The van der Waals surface area contributed by atoms with Crippen LogP contribution in [0.2, 0.25) is 0 Å². The van der Waals surface area contributed by atoms with Gasteiger partial charge in [-0.1, -0.05) is 37.6 Å². The van der Waals surface area contributed by atoms with E-state index in [1.54, 1.807) is 0 Å². The maximum atomic E-state index is 12.1. The summed E-state index contributed by atoms with van der Waals surface area (Å²) in [5.74, 6) is -0.0399. The zero-order valence-electron chi connectivity index (χ0n) is 12.0. The van der Waals surface area contributed by atoms with Gasteiger partial charge in [0.2, 0.25) is 5.91 Å². The van der Waals surface area contributed by atoms with Crippen molar-refractivity contribution in [3.05, 3.63) is 35.4 Å². The summed E-state index contributed by atoms with van der Waals surface area (Å²) in [4.78, 5) is 13.6. The Balaban J connectivity index is 1.88. The van der Waals surface area contributed by atoms with Crippen molar-refractivity contribution in [2.24, 2.45) is 0 Å². The molecule has 20 heavy (non-hydrogen) atoms. The number of hydrogen-bond acceptors (Lipinski definition) is 3. The molecule has 1 aliphatic rings. The standard InChI is InChI=1S/C16H23NO3/c1-2-3-4-12-5-7-13(8-6-12)9-16(20)17-10-14(18)15(19)11-17/h5-8,14-15,18-19H,2-4,9-11H2,1H3/t14-,15+. The van der Waals surface area contributed by atoms with Crippen LogP contribution in [-0.2, 0) is 17.6 Å². The highest BCUT2D eigenvalue weighted by Crippen LogP contribution is 2.13. The summed E-state index contributed by atoms with van der Waals surface area (Å²) in [6.45, 7) is 2.63. The fourth-order valence-corrected chi connectivity index (χ4v) is 2.46. The predicted octanol–water partition coefficient (Wildman–Crippen LogP) is 1.14. The molecule has 1 aromatic rings. The average molecular weight is 277 g/mol. The molecule has 110 valence electrons. The van der Waals surface area contributed by atoms with Crippen LogP contribution in [0.5, 0.6) is 0 Å². The average Bonchev–Trinajstić information content (AvgIpc) is 2.78. The summed E-state index contributed by atoms with van der Waals surface area (Å²) >= 11 is 0. The molecule has 1 fully saturated rings. The predicted molar refractivity (Wildman–Crippen MR) is 77.4 cm³/mol. The molecule has 0 aromatic heterocycles. The summed E-state index contributed by atoms with van der Waals surface area (Å²) < 4.78 is 0. The Bertz CT molecular complexity index is 434. The lowest BCUT2D eigenvalue weighted by Crippen LogP contribution is -2.31. The van der Waals surface area contributed by atoms with E-state index in [0.717, 1.165) is 12.0 Å². The van der Waals surface area contributed by atoms with Crippen LogP contribution in [0.1, 0.15) is 30.9 Å². The molecule has 0 saturated carbocycles. The third kappa shape index (κ3) is 3.81. The first-order valence-corrected chi connectivity index (χ1v) is 7.32. The molecule has 0 aliphatic carbocycles. The smallest absolute Gasteiger partial charge is 0.227 e. The number of aliphatic hydroxyl groups excluding tert-OH is 2. The number of aliphatic hydroxyl groups is 2. The van der Waals surface area contributed by atoms with Gasteiger partial charge in [0.1, 0.15) is 0 Å². The van der Waals surface area contributed by atoms with E-state index in [0.29, 0.717) is 6.42 Å². The summed E-state index contributed by atoms with van der Waals surface area (Å²) in [5, 5.41) is 18.9. The van der Waals surface area contributed by atoms with E-state index < -0.39 is 12.2 Å². The number of aryl methyl sites for hydroxylation is 1. The third-order valence-corrected chi connectivity index (χ3v) is 3.81. The lowest BCUT2D eigenvalue weighted by atomic mass is 10.0. The van der Waals surface area contributed by atoms with Gasteiger partial charge in [0.05, 0.1) is 18.6 Å². The van der Waals surface area contributed by atoms with Crippen LogP contribution in [0.3, 0.4) is 0 Å². The number of carbonyl (C=O) groups excluding carboxylic acids is 1. The van der Waals surface area contributed by atoms with Crippen molar-refractivity contribution in [2.45, 2.75) is 44.8 Å². The maximum absolute atomic E-state index is 12.1. The summed E-state index contributed by atoms with van der Waals surface area (Å²) in [6, 6.07) is 8.13. The van der Waals surface area contributed by atoms with E-state index in [2.05, 4.69) is 19.1 Å². The van der Waals surface area contributed by atoms with Crippen LogP contribution in [0.25, 0.3) is 0 Å². The van der Waals surface area contributed by atoms with Gasteiger partial charge >= 0.3 is 0 Å². The molecule has 1 heterocycles. The molecule has 0 bridgehead atoms. The summed E-state index contributed by atoms with van der Waals surface area (Å²) in [7, 11) is 0. The largest absolute Gasteiger partial charge is 0.388 e. The quantitative estimate of drug-likeness (QED) is 0.848. The van der Waals surface area contributed by atoms with Gasteiger partial charge in [-0.25, -0.2) is 0 Å². The Morgan fingerprint density at radius 3 is 2.25 bits per heavy atom. The van der Waals surface area contributed by atoms with Crippen molar-refractivity contribution in [1.82, 2.24) is 4.90 Å². The Labute approximate surface area is 120 Å². The first kappa shape index (κ1) is 15.0. The van der Waals surface area contributed by atoms with Gasteiger partial charge in [0, 0.05) is 13.1 Å². The first-order valence-electron chi connectivity index (χ1n) is 7.32. The zero-order chi connectivity index (χ0) is 14.5. The van der Waals surface area contributed by atoms with E-state index in [1.165, 1.54) is 23.3 Å². The molecule has 1 amide bonds. The molecule has 2 rings (SSSR count). The van der Waals surface area contributed by atoms with Crippen LogP contribution >= 0.6 is 0 Å². The highest BCUT2D eigenvalue weighted by molar-refractivity contribution is 5.79. The molecule has 1 saturated heterocycles. The molecule has 1 aliphatic heterocycles. The number of β-amino-alcohol motifs (C(OH)–C–C–N with tert-alkyl or cyclic N) is 2. The Hall–Kier alpha value is -1.39. The Kier molecular flexibility index (Phi) is 5.15. The molecular formula is C16H23NO3. The number of unbranched alkanes of at least 4 members (excludes halogenated alkanes) is 1. The van der Waals surface area contributed by atoms with Gasteiger partial charge in [0.25, 0.3) is 0 Å². The van der Waals surface area contributed by atoms with Gasteiger partial charge < -0.3 is 15.1 Å². The number of nitrogens with zero attached hydrogens (tertiary/aromatic N) is 1. The normalized spacial score (nSPS) is 22.2. The highest BCUT2D eigenvalue weighted by atomic mass is 16.3. The van der Waals surface area contributed by atoms with Crippen molar-refractivity contribution in [2.75, 3.05) is 13.1 Å². The van der Waals surface area contributed by atoms with E-state index >= 15 is 0 Å². The van der Waals surface area contributed by atoms with Crippen LogP contribution in [0, 0.1) is 0 Å². The fourth-order valence-electron chi connectivity index (χ4n) is 2.46. The Morgan fingerprint density at radius 2 is 1.70 bits per heavy atom. The monoisotopic (exact) mass is 277 g/mol. The van der Waals surface area contributed by atoms with Crippen molar-refractivity contribution in [3.63, 3.8) is 0 Å². The maximum Gasteiger partial charge on any atom is 0.227 e. The van der Waals surface area contributed by atoms with E-state index in [-0.39, 0.29) is 19.0 Å². The second-order valence-electron chi connectivity index (χ2n) is 5.53. The molecule has 2 atom stereocenters. The number of rotatable bonds is 5. The minimum absolute atomic E-state index is 0.0399. The first-order chi connectivity index (χ1) is 9.60. The highest BCUT2D eigenvalue weighted by Gasteiger charge is 2.32. The van der Waals surface area contributed by atoms with Gasteiger partial charge in [-0.15, -0.1) is 0 Å². The van der Waals surface area contributed by atoms with Crippen molar-refractivity contribution in [3.8, 4) is 0 Å². The third-order valence-electron chi connectivity index (χ3n) is 3.81. The zero-order valence-corrected chi connectivity index (χ0v) is 12.0. The van der Waals surface area contributed by atoms with Crippen LogP contribution in [0.15, 0.2) is 24.3 Å². The van der Waals surface area contributed by atoms with E-state index in [1.807, 2.05) is 12.1 Å². The second kappa shape index (κ2) is 6.86. The molecule has 4 heteroatoms. The van der Waals surface area contributed by atoms with Gasteiger partial charge in [0.15, 0.2) is 0 Å². The van der Waals surface area contributed by atoms with Crippen LogP contribution in [-0.4, -0.2) is 46.3 Å². The van der Waals surface area contributed by atoms with Crippen LogP contribution < -0.4 is 0 Å². The molecule has 0 unspecified atom stereocenters. The fraction of sp³-hybridized carbons (Fsp3) is 0.562. The van der Waals surface area contributed by atoms with E-state index in [4.69, 9.17) is 0 Å². The van der Waals surface area contributed by atoms with Crippen LogP contribution in [0.4, 0.5) is 0 Å². The molecule has 0 spiro atoms. The van der Waals surface area contributed by atoms with Crippen molar-refractivity contribution >= 4 is 5.91 Å². The summed E-state index contributed by atoms with van der Waals surface area (Å²) in [5.41, 5.74) is 2.28. The van der Waals surface area contributed by atoms with Gasteiger partial charge in [-0.2, -0.15) is 0 Å². The molecule has 4 nitrogen and oxygen atoms in total. The minimum atomic E-state index is -0.810. The number of hydrogen-bond donors (Lipinski definition) is 2. The van der Waals surface area contributed by atoms with Crippen molar-refractivity contribution in [1.29, 1.82) is 0 Å². The van der Waals surface area contributed by atoms with Gasteiger partial charge in [-0.05, 0) is 24.0 Å². The van der Waals surface area contributed by atoms with Gasteiger partial charge in [-0.3, -0.25) is 4.79 Å². The number of benzene rings is 1. The lowest BCUT2D eigenvalue weighted by molar-refractivity contribution is -0.129. The summed E-state index contributed by atoms with van der Waals surface area (Å²) in [6.07, 6.45) is 2.15. The molecule has 2 N–H and O–H groups in total. The second-order valence-corrected chi connectivity index (χ2v) is 5.53. The minimum Gasteiger partial charge on any atom is -0.388 e. The lowest BCUT2D eigenvalue weighted by Gasteiger charge is -2.15. The molecule has 0 radical (unpaired) electrons. The number of carbonyl (C=O) groups is 1. The number of likely N-dealkylation sites (tertiary alicyclic amines) is 1. The molecule has 1 aromatic carbocycles. The Morgan fingerprint density at radius 1 is 1.15 bits per heavy atom. The SMILES string of the molecule is CCCCc1ccc(CC(=O)N2C[C@@H](O)[C@@H](O)C2)cc1.